The van der Waals surface area contributed by atoms with Gasteiger partial charge in [0.25, 0.3) is 0 Å². The molecule has 3 rings (SSSR count). The van der Waals surface area contributed by atoms with Crippen molar-refractivity contribution in [3.8, 4) is 11.5 Å². The number of amides is 2. The second-order valence-corrected chi connectivity index (χ2v) is 8.32. The van der Waals surface area contributed by atoms with Crippen LogP contribution in [0, 0.1) is 0 Å². The molecule has 0 saturated heterocycles. The molecule has 37 heavy (non-hydrogen) atoms. The maximum Gasteiger partial charge on any atom is 0.407 e. The van der Waals surface area contributed by atoms with E-state index in [2.05, 4.69) is 15.8 Å². The first-order valence-corrected chi connectivity index (χ1v) is 12.3. The van der Waals surface area contributed by atoms with Gasteiger partial charge in [0.15, 0.2) is 11.5 Å². The smallest absolute Gasteiger partial charge is 0.407 e. The predicted octanol–water partition coefficient (Wildman–Crippen LogP) is 5.65. The number of ether oxygens (including phenoxy) is 3. The number of nitrogens with zero attached hydrogens (tertiary/aromatic N) is 1. The molecule has 194 valence electrons. The van der Waals surface area contributed by atoms with Gasteiger partial charge >= 0.3 is 6.09 Å². The van der Waals surface area contributed by atoms with Gasteiger partial charge in [-0.25, -0.2) is 10.2 Å². The molecule has 0 radical (unpaired) electrons. The first-order valence-electron chi connectivity index (χ1n) is 11.9. The monoisotopic (exact) mass is 523 g/mol. The van der Waals surface area contributed by atoms with Gasteiger partial charge in [0, 0.05) is 5.02 Å². The van der Waals surface area contributed by atoms with Gasteiger partial charge in [-0.05, 0) is 60.9 Å². The van der Waals surface area contributed by atoms with E-state index < -0.39 is 12.1 Å². The number of hydrogen-bond donors (Lipinski definition) is 2. The number of alkyl carbamates (subject to hydrolysis) is 1. The highest BCUT2D eigenvalue weighted by atomic mass is 35.5. The molecule has 3 aromatic carbocycles. The third-order valence-corrected chi connectivity index (χ3v) is 5.39. The fourth-order valence-corrected chi connectivity index (χ4v) is 3.52. The number of nitrogens with one attached hydrogen (secondary N) is 2. The highest BCUT2D eigenvalue weighted by Crippen LogP contribution is 2.29. The standard InChI is InChI=1S/C28H30ClN3O5/c1-3-35-26-16-21(12-15-25(26)37-19-20-10-13-23(29)14-11-20)18-30-32-27(33)17-24(31-28(34)36-4-2)22-8-6-5-7-9-22/h5-16,18,24H,3-4,17,19H2,1-2H3,(H,31,34)(H,32,33)/b30-18-/t24-/m1/s1. The minimum atomic E-state index is -0.588. The Morgan fingerprint density at radius 3 is 2.41 bits per heavy atom. The van der Waals surface area contributed by atoms with Crippen LogP contribution in [0.15, 0.2) is 77.9 Å². The maximum absolute atomic E-state index is 12.6. The van der Waals surface area contributed by atoms with Gasteiger partial charge in [-0.1, -0.05) is 54.1 Å². The van der Waals surface area contributed by atoms with Crippen molar-refractivity contribution in [3.05, 3.63) is 94.5 Å². The molecule has 8 nitrogen and oxygen atoms in total. The fraction of sp³-hybridized carbons (Fsp3) is 0.250. The molecule has 0 spiro atoms. The van der Waals surface area contributed by atoms with E-state index in [0.29, 0.717) is 35.3 Å². The summed E-state index contributed by atoms with van der Waals surface area (Å²) in [7, 11) is 0. The van der Waals surface area contributed by atoms with Crippen LogP contribution in [-0.4, -0.2) is 31.4 Å². The van der Waals surface area contributed by atoms with Crippen LogP contribution in [0.3, 0.4) is 0 Å². The largest absolute Gasteiger partial charge is 0.490 e. The van der Waals surface area contributed by atoms with E-state index in [1.807, 2.05) is 67.6 Å². The molecule has 0 aliphatic heterocycles. The molecule has 9 heteroatoms. The lowest BCUT2D eigenvalue weighted by molar-refractivity contribution is -0.121. The van der Waals surface area contributed by atoms with E-state index in [4.69, 9.17) is 25.8 Å². The Kier molecular flexibility index (Phi) is 10.8. The quantitative estimate of drug-likeness (QED) is 0.236. The molecule has 2 amide bonds. The van der Waals surface area contributed by atoms with Crippen molar-refractivity contribution in [2.75, 3.05) is 13.2 Å². The van der Waals surface area contributed by atoms with Gasteiger partial charge in [0.1, 0.15) is 6.61 Å². The average molecular weight is 524 g/mol. The van der Waals surface area contributed by atoms with E-state index in [0.717, 1.165) is 11.1 Å². The molecule has 2 N–H and O–H groups in total. The minimum absolute atomic E-state index is 0.0121. The number of benzene rings is 3. The van der Waals surface area contributed by atoms with E-state index in [1.165, 1.54) is 6.21 Å². The molecule has 0 fully saturated rings. The number of carbonyl (C=O) groups excluding carboxylic acids is 2. The Balaban J connectivity index is 1.61. The van der Waals surface area contributed by atoms with Crippen LogP contribution in [0.5, 0.6) is 11.5 Å². The summed E-state index contributed by atoms with van der Waals surface area (Å²) in [5.74, 6) is 0.790. The van der Waals surface area contributed by atoms with Gasteiger partial charge in [-0.3, -0.25) is 4.79 Å². The molecule has 0 aliphatic rings. The molecule has 0 unspecified atom stereocenters. The summed E-state index contributed by atoms with van der Waals surface area (Å²) in [6, 6.07) is 21.4. The normalized spacial score (nSPS) is 11.5. The lowest BCUT2D eigenvalue weighted by atomic mass is 10.0. The van der Waals surface area contributed by atoms with Gasteiger partial charge in [0.2, 0.25) is 5.91 Å². The number of rotatable bonds is 12. The molecule has 0 heterocycles. The topological polar surface area (TPSA) is 98.2 Å². The molecule has 3 aromatic rings. The minimum Gasteiger partial charge on any atom is -0.490 e. The van der Waals surface area contributed by atoms with Gasteiger partial charge in [0.05, 0.1) is 31.9 Å². The van der Waals surface area contributed by atoms with E-state index in [9.17, 15) is 9.59 Å². The molecule has 0 aliphatic carbocycles. The zero-order chi connectivity index (χ0) is 26.5. The van der Waals surface area contributed by atoms with Gasteiger partial charge < -0.3 is 19.5 Å². The summed E-state index contributed by atoms with van der Waals surface area (Å²) in [6.07, 6.45) is 0.913. The number of halogens is 1. The highest BCUT2D eigenvalue weighted by molar-refractivity contribution is 6.30. The van der Waals surface area contributed by atoms with Crippen molar-refractivity contribution in [2.45, 2.75) is 32.9 Å². The Bertz CT molecular complexity index is 1190. The van der Waals surface area contributed by atoms with Crippen LogP contribution < -0.4 is 20.2 Å². The van der Waals surface area contributed by atoms with E-state index in [1.54, 1.807) is 19.1 Å². The molecule has 0 bridgehead atoms. The molecular weight excluding hydrogens is 494 g/mol. The summed E-state index contributed by atoms with van der Waals surface area (Å²) < 4.78 is 16.6. The van der Waals surface area contributed by atoms with E-state index >= 15 is 0 Å². The molecule has 0 aromatic heterocycles. The van der Waals surface area contributed by atoms with Crippen LogP contribution in [-0.2, 0) is 16.1 Å². The van der Waals surface area contributed by atoms with Gasteiger partial charge in [-0.2, -0.15) is 5.10 Å². The van der Waals surface area contributed by atoms with Crippen molar-refractivity contribution in [1.29, 1.82) is 0 Å². The molecule has 1 atom stereocenters. The zero-order valence-corrected chi connectivity index (χ0v) is 21.5. The number of hydrazone groups is 1. The van der Waals surface area contributed by atoms with Crippen molar-refractivity contribution in [3.63, 3.8) is 0 Å². The lowest BCUT2D eigenvalue weighted by Gasteiger charge is -2.18. The highest BCUT2D eigenvalue weighted by Gasteiger charge is 2.18. The fourth-order valence-electron chi connectivity index (χ4n) is 3.40. The third kappa shape index (κ3) is 9.16. The Morgan fingerprint density at radius 2 is 1.70 bits per heavy atom. The van der Waals surface area contributed by atoms with Crippen LogP contribution in [0.1, 0.15) is 43.0 Å². The molecular formula is C28H30ClN3O5. The van der Waals surface area contributed by atoms with Crippen LogP contribution >= 0.6 is 11.6 Å². The summed E-state index contributed by atoms with van der Waals surface area (Å²) >= 11 is 5.94. The number of hydrogen-bond acceptors (Lipinski definition) is 6. The van der Waals surface area contributed by atoms with Crippen LogP contribution in [0.4, 0.5) is 4.79 Å². The second-order valence-electron chi connectivity index (χ2n) is 7.88. The average Bonchev–Trinajstić information content (AvgIpc) is 2.89. The predicted molar refractivity (Wildman–Crippen MR) is 143 cm³/mol. The SMILES string of the molecule is CCOC(=O)N[C@H](CC(=O)N/N=C\c1ccc(OCc2ccc(Cl)cc2)c(OCC)c1)c1ccccc1. The van der Waals surface area contributed by atoms with E-state index in [-0.39, 0.29) is 18.9 Å². The van der Waals surface area contributed by atoms with Crippen molar-refractivity contribution < 1.29 is 23.8 Å². The molecule has 0 saturated carbocycles. The Hall–Kier alpha value is -4.04. The van der Waals surface area contributed by atoms with Crippen LogP contribution in [0.25, 0.3) is 0 Å². The number of carbonyl (C=O) groups is 2. The van der Waals surface area contributed by atoms with Gasteiger partial charge in [-0.15, -0.1) is 0 Å². The summed E-state index contributed by atoms with van der Waals surface area (Å²) in [5, 5.41) is 7.44. The Morgan fingerprint density at radius 1 is 0.946 bits per heavy atom. The van der Waals surface area contributed by atoms with Crippen molar-refractivity contribution in [1.82, 2.24) is 10.7 Å². The summed E-state index contributed by atoms with van der Waals surface area (Å²) in [5.41, 5.74) is 4.98. The summed E-state index contributed by atoms with van der Waals surface area (Å²) in [4.78, 5) is 24.5. The van der Waals surface area contributed by atoms with Crippen molar-refractivity contribution in [2.24, 2.45) is 5.10 Å². The zero-order valence-electron chi connectivity index (χ0n) is 20.8. The second kappa shape index (κ2) is 14.5. The van der Waals surface area contributed by atoms with Crippen LogP contribution in [0.2, 0.25) is 5.02 Å². The summed E-state index contributed by atoms with van der Waals surface area (Å²) in [6.45, 7) is 4.66. The first-order chi connectivity index (χ1) is 18.0. The Labute approximate surface area is 221 Å². The first kappa shape index (κ1) is 27.5. The third-order valence-electron chi connectivity index (χ3n) is 5.14. The maximum atomic E-state index is 12.6. The lowest BCUT2D eigenvalue weighted by Crippen LogP contribution is -2.33. The van der Waals surface area contributed by atoms with Crippen molar-refractivity contribution >= 4 is 29.8 Å².